The summed E-state index contributed by atoms with van der Waals surface area (Å²) in [5.41, 5.74) is 1.11. The van der Waals surface area contributed by atoms with Gasteiger partial charge in [-0.1, -0.05) is 23.7 Å². The molecule has 1 fully saturated rings. The van der Waals surface area contributed by atoms with Gasteiger partial charge in [-0.15, -0.1) is 0 Å². The number of hydrogen-bond acceptors (Lipinski definition) is 4. The number of aromatic nitrogens is 1. The van der Waals surface area contributed by atoms with Crippen LogP contribution in [0.1, 0.15) is 35.8 Å². The van der Waals surface area contributed by atoms with Crippen LogP contribution in [-0.2, 0) is 9.59 Å². The lowest BCUT2D eigenvalue weighted by Gasteiger charge is -2.28. The van der Waals surface area contributed by atoms with Crippen LogP contribution in [0.3, 0.4) is 0 Å². The Morgan fingerprint density at radius 2 is 1.69 bits per heavy atom. The van der Waals surface area contributed by atoms with Gasteiger partial charge < -0.3 is 9.80 Å². The molecule has 0 bridgehead atoms. The van der Waals surface area contributed by atoms with Crippen molar-refractivity contribution in [2.75, 3.05) is 26.2 Å². The largest absolute Gasteiger partial charge is 0.334 e. The summed E-state index contributed by atoms with van der Waals surface area (Å²) in [6, 6.07) is 9.50. The van der Waals surface area contributed by atoms with Gasteiger partial charge in [-0.25, -0.2) is 0 Å². The molecule has 1 aliphatic heterocycles. The Bertz CT molecular complexity index is 882. The Kier molecular flexibility index (Phi) is 6.77. The summed E-state index contributed by atoms with van der Waals surface area (Å²) in [6.07, 6.45) is 3.01. The van der Waals surface area contributed by atoms with Gasteiger partial charge in [0.1, 0.15) is 5.92 Å². The molecule has 1 amide bonds. The second kappa shape index (κ2) is 9.29. The van der Waals surface area contributed by atoms with Crippen molar-refractivity contribution in [3.63, 3.8) is 0 Å². The van der Waals surface area contributed by atoms with Crippen molar-refractivity contribution in [3.8, 4) is 0 Å². The summed E-state index contributed by atoms with van der Waals surface area (Å²) in [5, 5.41) is 0.556. The molecule has 29 heavy (non-hydrogen) atoms. The third-order valence-corrected chi connectivity index (χ3v) is 5.82. The molecule has 1 aromatic carbocycles. The van der Waals surface area contributed by atoms with Crippen molar-refractivity contribution in [2.24, 2.45) is 5.92 Å². The summed E-state index contributed by atoms with van der Waals surface area (Å²) in [6.45, 7) is 7.15. The van der Waals surface area contributed by atoms with E-state index in [1.54, 1.807) is 41.3 Å². The van der Waals surface area contributed by atoms with Gasteiger partial charge >= 0.3 is 0 Å². The molecule has 2 atom stereocenters. The Morgan fingerprint density at radius 1 is 1.07 bits per heavy atom. The number of nitrogens with one attached hydrogen (secondary N) is 1. The van der Waals surface area contributed by atoms with Gasteiger partial charge in [0.25, 0.3) is 5.91 Å². The summed E-state index contributed by atoms with van der Waals surface area (Å²) in [5.74, 6) is -2.67. The van der Waals surface area contributed by atoms with E-state index in [1.807, 2.05) is 0 Å². The van der Waals surface area contributed by atoms with Gasteiger partial charge in [-0.05, 0) is 43.7 Å². The fraction of sp³-hybridized carbons (Fsp3) is 0.364. The van der Waals surface area contributed by atoms with Crippen molar-refractivity contribution in [1.29, 1.82) is 0 Å². The zero-order valence-electron chi connectivity index (χ0n) is 16.6. The number of benzene rings is 1. The number of halogens is 1. The maximum atomic E-state index is 13.2. The van der Waals surface area contributed by atoms with Gasteiger partial charge in [-0.2, -0.15) is 0 Å². The quantitative estimate of drug-likeness (QED) is 0.404. The predicted octanol–water partition coefficient (Wildman–Crippen LogP) is 1.61. The molecule has 1 aromatic heterocycles. The average molecular weight is 415 g/mol. The van der Waals surface area contributed by atoms with Gasteiger partial charge in [0.05, 0.1) is 32.2 Å². The SMILES string of the molecule is CC[NH+](CC)CCN1C(=O)C(=O)C(C(=O)c2ccncc2)C1c1ccc(Cl)cc1. The fourth-order valence-corrected chi connectivity index (χ4v) is 3.96. The summed E-state index contributed by atoms with van der Waals surface area (Å²) < 4.78 is 0. The van der Waals surface area contributed by atoms with Gasteiger partial charge in [0.15, 0.2) is 5.78 Å². The number of hydrogen-bond donors (Lipinski definition) is 1. The molecule has 0 radical (unpaired) electrons. The van der Waals surface area contributed by atoms with E-state index in [-0.39, 0.29) is 5.78 Å². The molecular weight excluding hydrogens is 390 g/mol. The summed E-state index contributed by atoms with van der Waals surface area (Å²) in [7, 11) is 0. The number of nitrogens with zero attached hydrogens (tertiary/aromatic N) is 2. The molecule has 152 valence electrons. The maximum Gasteiger partial charge on any atom is 0.291 e. The molecule has 6 nitrogen and oxygen atoms in total. The molecule has 7 heteroatoms. The van der Waals surface area contributed by atoms with E-state index in [0.29, 0.717) is 23.7 Å². The summed E-state index contributed by atoms with van der Waals surface area (Å²) in [4.78, 5) is 45.8. The number of amides is 1. The van der Waals surface area contributed by atoms with Crippen LogP contribution in [-0.4, -0.2) is 53.5 Å². The van der Waals surface area contributed by atoms with Crippen molar-refractivity contribution < 1.29 is 19.3 Å². The van der Waals surface area contributed by atoms with Crippen molar-refractivity contribution in [2.45, 2.75) is 19.9 Å². The maximum absolute atomic E-state index is 13.2. The molecular formula is C22H25ClN3O3+. The van der Waals surface area contributed by atoms with Gasteiger partial charge in [0.2, 0.25) is 5.78 Å². The van der Waals surface area contributed by atoms with Gasteiger partial charge in [0, 0.05) is 23.0 Å². The van der Waals surface area contributed by atoms with Crippen molar-refractivity contribution in [1.82, 2.24) is 9.88 Å². The first kappa shape index (κ1) is 21.1. The monoisotopic (exact) mass is 414 g/mol. The van der Waals surface area contributed by atoms with E-state index in [1.165, 1.54) is 17.3 Å². The number of Topliss-reactive ketones (excluding diaryl/α,β-unsaturated/α-hetero) is 2. The number of carbonyl (C=O) groups excluding carboxylic acids is 3. The Balaban J connectivity index is 1.99. The molecule has 2 aromatic rings. The van der Waals surface area contributed by atoms with Crippen LogP contribution < -0.4 is 4.90 Å². The first-order valence-electron chi connectivity index (χ1n) is 9.86. The lowest BCUT2D eigenvalue weighted by molar-refractivity contribution is -0.895. The second-order valence-electron chi connectivity index (χ2n) is 7.14. The summed E-state index contributed by atoms with van der Waals surface area (Å²) >= 11 is 6.02. The van der Waals surface area contributed by atoms with Crippen molar-refractivity contribution in [3.05, 3.63) is 64.9 Å². The molecule has 3 rings (SSSR count). The van der Waals surface area contributed by atoms with Crippen LogP contribution in [0.15, 0.2) is 48.8 Å². The molecule has 2 heterocycles. The number of carbonyl (C=O) groups is 3. The Morgan fingerprint density at radius 3 is 2.28 bits per heavy atom. The smallest absolute Gasteiger partial charge is 0.291 e. The minimum atomic E-state index is -1.07. The molecule has 1 N–H and O–H groups in total. The number of ketones is 2. The molecule has 0 aliphatic carbocycles. The third kappa shape index (κ3) is 4.38. The molecule has 2 unspecified atom stereocenters. The van der Waals surface area contributed by atoms with Crippen LogP contribution in [0, 0.1) is 5.92 Å². The normalized spacial score (nSPS) is 19.2. The first-order chi connectivity index (χ1) is 14.0. The van der Waals surface area contributed by atoms with Crippen LogP contribution in [0.5, 0.6) is 0 Å². The highest BCUT2D eigenvalue weighted by Gasteiger charge is 2.51. The third-order valence-electron chi connectivity index (χ3n) is 5.57. The minimum Gasteiger partial charge on any atom is -0.334 e. The minimum absolute atomic E-state index is 0.358. The second-order valence-corrected chi connectivity index (χ2v) is 7.58. The topological polar surface area (TPSA) is 71.8 Å². The Labute approximate surface area is 175 Å². The number of rotatable bonds is 8. The van der Waals surface area contributed by atoms with E-state index in [0.717, 1.165) is 18.7 Å². The average Bonchev–Trinajstić information content (AvgIpc) is 3.00. The number of likely N-dealkylation sites (tertiary alicyclic amines) is 1. The van der Waals surface area contributed by atoms with Crippen LogP contribution >= 0.6 is 11.6 Å². The highest BCUT2D eigenvalue weighted by Crippen LogP contribution is 2.38. The highest BCUT2D eigenvalue weighted by atomic mass is 35.5. The number of likely N-dealkylation sites (N-methyl/N-ethyl adjacent to an activating group) is 1. The van der Waals surface area contributed by atoms with E-state index in [9.17, 15) is 14.4 Å². The zero-order chi connectivity index (χ0) is 21.0. The van der Waals surface area contributed by atoms with Crippen LogP contribution in [0.2, 0.25) is 5.02 Å². The Hall–Kier alpha value is -2.57. The van der Waals surface area contributed by atoms with Crippen LogP contribution in [0.4, 0.5) is 0 Å². The molecule has 0 saturated carbocycles. The van der Waals surface area contributed by atoms with E-state index >= 15 is 0 Å². The number of quaternary nitrogens is 1. The lowest BCUT2D eigenvalue weighted by atomic mass is 9.86. The number of pyridine rings is 1. The molecule has 0 spiro atoms. The zero-order valence-corrected chi connectivity index (χ0v) is 17.4. The highest BCUT2D eigenvalue weighted by molar-refractivity contribution is 6.44. The van der Waals surface area contributed by atoms with Crippen molar-refractivity contribution >= 4 is 29.1 Å². The van der Waals surface area contributed by atoms with Crippen LogP contribution in [0.25, 0.3) is 0 Å². The first-order valence-corrected chi connectivity index (χ1v) is 10.2. The fourth-order valence-electron chi connectivity index (χ4n) is 3.84. The van der Waals surface area contributed by atoms with E-state index < -0.39 is 23.7 Å². The molecule has 1 saturated heterocycles. The standard InChI is InChI=1S/C22H24ClN3O3/c1-3-25(4-2)13-14-26-19(15-5-7-17(23)8-6-15)18(21(28)22(26)29)20(27)16-9-11-24-12-10-16/h5-12,18-19H,3-4,13-14H2,1-2H3/p+1. The van der Waals surface area contributed by atoms with E-state index in [2.05, 4.69) is 18.8 Å². The lowest BCUT2D eigenvalue weighted by Crippen LogP contribution is -3.12. The predicted molar refractivity (Wildman–Crippen MR) is 110 cm³/mol. The molecule has 1 aliphatic rings. The van der Waals surface area contributed by atoms with Gasteiger partial charge in [-0.3, -0.25) is 19.4 Å². The van der Waals surface area contributed by atoms with E-state index in [4.69, 9.17) is 11.6 Å².